The first-order chi connectivity index (χ1) is 7.54. The van der Waals surface area contributed by atoms with Gasteiger partial charge >= 0.3 is 6.09 Å². The second-order valence-electron chi connectivity index (χ2n) is 3.09. The van der Waals surface area contributed by atoms with Gasteiger partial charge in [0.05, 0.1) is 21.6 Å². The van der Waals surface area contributed by atoms with Crippen LogP contribution in [0.15, 0.2) is 18.2 Å². The van der Waals surface area contributed by atoms with E-state index in [1.807, 2.05) is 0 Å². The molecular weight excluding hydrogens is 272 g/mol. The molecule has 16 heavy (non-hydrogen) atoms. The number of halogens is 3. The van der Waals surface area contributed by atoms with Crippen molar-refractivity contribution in [3.8, 4) is 0 Å². The number of alkyl halides is 1. The van der Waals surface area contributed by atoms with Crippen LogP contribution in [0.25, 0.3) is 0 Å². The molecule has 0 unspecified atom stereocenters. The standard InChI is InChI=1S/C10H10Cl3NO2/c1-6(5-11)16-10(15)14-9-7(12)3-2-4-8(9)13/h2-4,6H,5H2,1H3,(H,14,15)/t6-/m1/s1. The van der Waals surface area contributed by atoms with Gasteiger partial charge in [-0.05, 0) is 19.1 Å². The van der Waals surface area contributed by atoms with Crippen molar-refractivity contribution < 1.29 is 9.53 Å². The third kappa shape index (κ3) is 3.74. The number of ether oxygens (including phenoxy) is 1. The summed E-state index contributed by atoms with van der Waals surface area (Å²) in [5.41, 5.74) is 0.331. The van der Waals surface area contributed by atoms with Gasteiger partial charge in [-0.15, -0.1) is 11.6 Å². The van der Waals surface area contributed by atoms with Crippen LogP contribution in [0.3, 0.4) is 0 Å². The SMILES string of the molecule is C[C@H](CCl)OC(=O)Nc1c(Cl)cccc1Cl. The summed E-state index contributed by atoms with van der Waals surface area (Å²) >= 11 is 17.2. The average Bonchev–Trinajstić information content (AvgIpc) is 2.23. The first-order valence-corrected chi connectivity index (χ1v) is 5.81. The number of carbonyl (C=O) groups excluding carboxylic acids is 1. The summed E-state index contributed by atoms with van der Waals surface area (Å²) in [5.74, 6) is 0.226. The van der Waals surface area contributed by atoms with Gasteiger partial charge in [-0.3, -0.25) is 5.32 Å². The highest BCUT2D eigenvalue weighted by Gasteiger charge is 2.12. The Kier molecular flexibility index (Phi) is 5.19. The predicted molar refractivity (Wildman–Crippen MR) is 66.7 cm³/mol. The Labute approximate surface area is 109 Å². The maximum absolute atomic E-state index is 11.4. The van der Waals surface area contributed by atoms with Crippen molar-refractivity contribution in [3.05, 3.63) is 28.2 Å². The van der Waals surface area contributed by atoms with Crippen molar-refractivity contribution in [2.75, 3.05) is 11.2 Å². The summed E-state index contributed by atoms with van der Waals surface area (Å²) in [7, 11) is 0. The van der Waals surface area contributed by atoms with Crippen LogP contribution >= 0.6 is 34.8 Å². The zero-order chi connectivity index (χ0) is 12.1. The second-order valence-corrected chi connectivity index (χ2v) is 4.21. The van der Waals surface area contributed by atoms with E-state index in [1.54, 1.807) is 25.1 Å². The largest absolute Gasteiger partial charge is 0.445 e. The first-order valence-electron chi connectivity index (χ1n) is 4.52. The molecule has 1 aromatic carbocycles. The van der Waals surface area contributed by atoms with Gasteiger partial charge in [0, 0.05) is 0 Å². The zero-order valence-electron chi connectivity index (χ0n) is 8.47. The van der Waals surface area contributed by atoms with Gasteiger partial charge in [0.15, 0.2) is 0 Å². The van der Waals surface area contributed by atoms with E-state index < -0.39 is 6.09 Å². The third-order valence-corrected chi connectivity index (χ3v) is 2.78. The molecule has 0 fully saturated rings. The highest BCUT2D eigenvalue weighted by atomic mass is 35.5. The molecule has 0 aliphatic heterocycles. The fraction of sp³-hybridized carbons (Fsp3) is 0.300. The second kappa shape index (κ2) is 6.18. The Hall–Kier alpha value is -0.640. The predicted octanol–water partition coefficient (Wildman–Crippen LogP) is 4.17. The van der Waals surface area contributed by atoms with Crippen LogP contribution in [0.1, 0.15) is 6.92 Å². The molecule has 0 bridgehead atoms. The first kappa shape index (κ1) is 13.4. The lowest BCUT2D eigenvalue weighted by Gasteiger charge is -2.12. The van der Waals surface area contributed by atoms with E-state index in [4.69, 9.17) is 39.5 Å². The Morgan fingerprint density at radius 3 is 2.50 bits per heavy atom. The third-order valence-electron chi connectivity index (χ3n) is 1.72. The summed E-state index contributed by atoms with van der Waals surface area (Å²) in [4.78, 5) is 11.4. The van der Waals surface area contributed by atoms with Gasteiger partial charge in [-0.1, -0.05) is 29.3 Å². The molecule has 0 saturated carbocycles. The molecule has 0 spiro atoms. The smallest absolute Gasteiger partial charge is 0.412 e. The molecule has 0 heterocycles. The molecule has 1 aromatic rings. The van der Waals surface area contributed by atoms with E-state index in [2.05, 4.69) is 5.32 Å². The minimum absolute atomic E-state index is 0.226. The molecule has 6 heteroatoms. The number of rotatable bonds is 3. The molecule has 1 amide bonds. The lowest BCUT2D eigenvalue weighted by atomic mass is 10.3. The summed E-state index contributed by atoms with van der Waals surface area (Å²) in [6.45, 7) is 1.68. The van der Waals surface area contributed by atoms with Crippen LogP contribution in [-0.2, 0) is 4.74 Å². The number of nitrogens with one attached hydrogen (secondary N) is 1. The van der Waals surface area contributed by atoms with Crippen molar-refractivity contribution in [3.63, 3.8) is 0 Å². The quantitative estimate of drug-likeness (QED) is 0.845. The Morgan fingerprint density at radius 1 is 1.44 bits per heavy atom. The van der Waals surface area contributed by atoms with Gasteiger partial charge in [-0.2, -0.15) is 0 Å². The maximum atomic E-state index is 11.4. The molecule has 0 aliphatic rings. The summed E-state index contributed by atoms with van der Waals surface area (Å²) in [6.07, 6.45) is -1.01. The van der Waals surface area contributed by atoms with Gasteiger partial charge in [0.1, 0.15) is 6.10 Å². The molecular formula is C10H10Cl3NO2. The minimum atomic E-state index is -0.636. The molecule has 88 valence electrons. The van der Waals surface area contributed by atoms with E-state index in [0.29, 0.717) is 15.7 Å². The number of carbonyl (C=O) groups is 1. The highest BCUT2D eigenvalue weighted by Crippen LogP contribution is 2.29. The molecule has 0 saturated heterocycles. The van der Waals surface area contributed by atoms with E-state index in [1.165, 1.54) is 0 Å². The van der Waals surface area contributed by atoms with Crippen LogP contribution in [0, 0.1) is 0 Å². The summed E-state index contributed by atoms with van der Waals surface area (Å²) in [5, 5.41) is 3.16. The monoisotopic (exact) mass is 281 g/mol. The van der Waals surface area contributed by atoms with Crippen LogP contribution in [0.4, 0.5) is 10.5 Å². The van der Waals surface area contributed by atoms with E-state index in [-0.39, 0.29) is 12.0 Å². The normalized spacial score (nSPS) is 12.0. The van der Waals surface area contributed by atoms with Crippen molar-refractivity contribution in [2.24, 2.45) is 0 Å². The summed E-state index contributed by atoms with van der Waals surface area (Å²) in [6, 6.07) is 4.92. The van der Waals surface area contributed by atoms with Crippen LogP contribution in [0.2, 0.25) is 10.0 Å². The number of hydrogen-bond donors (Lipinski definition) is 1. The van der Waals surface area contributed by atoms with Crippen molar-refractivity contribution >= 4 is 46.6 Å². The van der Waals surface area contributed by atoms with Crippen molar-refractivity contribution in [1.29, 1.82) is 0 Å². The molecule has 1 rings (SSSR count). The zero-order valence-corrected chi connectivity index (χ0v) is 10.7. The maximum Gasteiger partial charge on any atom is 0.412 e. The van der Waals surface area contributed by atoms with Crippen LogP contribution in [-0.4, -0.2) is 18.1 Å². The number of para-hydroxylation sites is 1. The molecule has 3 nitrogen and oxygen atoms in total. The van der Waals surface area contributed by atoms with Gasteiger partial charge in [-0.25, -0.2) is 4.79 Å². The average molecular weight is 283 g/mol. The van der Waals surface area contributed by atoms with Crippen LogP contribution < -0.4 is 5.32 Å². The number of anilines is 1. The molecule has 0 aliphatic carbocycles. The molecule has 1 atom stereocenters. The lowest BCUT2D eigenvalue weighted by molar-refractivity contribution is 0.131. The Balaban J connectivity index is 2.70. The van der Waals surface area contributed by atoms with Crippen molar-refractivity contribution in [2.45, 2.75) is 13.0 Å². The van der Waals surface area contributed by atoms with E-state index in [9.17, 15) is 4.79 Å². The van der Waals surface area contributed by atoms with Gasteiger partial charge in [0.25, 0.3) is 0 Å². The highest BCUT2D eigenvalue weighted by molar-refractivity contribution is 6.39. The number of amides is 1. The molecule has 0 aromatic heterocycles. The van der Waals surface area contributed by atoms with Gasteiger partial charge in [0.2, 0.25) is 0 Å². The Bertz CT molecular complexity index is 364. The molecule has 0 radical (unpaired) electrons. The van der Waals surface area contributed by atoms with E-state index >= 15 is 0 Å². The lowest BCUT2D eigenvalue weighted by Crippen LogP contribution is -2.21. The summed E-state index contributed by atoms with van der Waals surface area (Å²) < 4.78 is 4.91. The fourth-order valence-corrected chi connectivity index (χ4v) is 1.52. The Morgan fingerprint density at radius 2 is 2.00 bits per heavy atom. The van der Waals surface area contributed by atoms with Crippen LogP contribution in [0.5, 0.6) is 0 Å². The minimum Gasteiger partial charge on any atom is -0.445 e. The number of benzene rings is 1. The topological polar surface area (TPSA) is 38.3 Å². The number of hydrogen-bond acceptors (Lipinski definition) is 2. The van der Waals surface area contributed by atoms with E-state index in [0.717, 1.165) is 0 Å². The van der Waals surface area contributed by atoms with Crippen molar-refractivity contribution in [1.82, 2.24) is 0 Å². The molecule has 1 N–H and O–H groups in total. The fourth-order valence-electron chi connectivity index (χ4n) is 0.963. The van der Waals surface area contributed by atoms with Gasteiger partial charge < -0.3 is 4.74 Å².